The summed E-state index contributed by atoms with van der Waals surface area (Å²) in [6.45, 7) is 1.20. The molecule has 0 amide bonds. The maximum absolute atomic E-state index is 14.6. The number of hydrogen-bond donors (Lipinski definition) is 0. The zero-order chi connectivity index (χ0) is 24.5. The zero-order valence-corrected chi connectivity index (χ0v) is 17.9. The molecule has 1 aliphatic carbocycles. The van der Waals surface area contributed by atoms with Gasteiger partial charge in [0.2, 0.25) is 5.88 Å². The van der Waals surface area contributed by atoms with Gasteiger partial charge in [-0.2, -0.15) is 18.2 Å². The lowest BCUT2D eigenvalue weighted by Gasteiger charge is -2.20. The van der Waals surface area contributed by atoms with Crippen molar-refractivity contribution in [2.24, 2.45) is 11.8 Å². The second kappa shape index (κ2) is 7.65. The fourth-order valence-corrected chi connectivity index (χ4v) is 4.91. The summed E-state index contributed by atoms with van der Waals surface area (Å²) in [4.78, 5) is 21.7. The number of piperidine rings is 1. The van der Waals surface area contributed by atoms with Crippen molar-refractivity contribution in [1.82, 2.24) is 14.5 Å². The highest BCUT2D eigenvalue weighted by atomic mass is 19.4. The van der Waals surface area contributed by atoms with Crippen molar-refractivity contribution in [3.8, 4) is 17.4 Å². The highest BCUT2D eigenvalue weighted by Gasteiger charge is 2.55. The molecule has 0 radical (unpaired) electrons. The summed E-state index contributed by atoms with van der Waals surface area (Å²) in [5.41, 5.74) is -1.61. The lowest BCUT2D eigenvalue weighted by molar-refractivity contribution is -0.141. The van der Waals surface area contributed by atoms with Crippen LogP contribution >= 0.6 is 0 Å². The van der Waals surface area contributed by atoms with E-state index in [1.807, 2.05) is 0 Å². The minimum Gasteiger partial charge on any atom is -0.473 e. The molecule has 4 heterocycles. The van der Waals surface area contributed by atoms with Gasteiger partial charge in [-0.3, -0.25) is 9.55 Å². The van der Waals surface area contributed by atoms with Crippen molar-refractivity contribution in [3.05, 3.63) is 69.9 Å². The molecule has 3 aromatic rings. The molecule has 35 heavy (non-hydrogen) atoms. The van der Waals surface area contributed by atoms with E-state index in [4.69, 9.17) is 9.47 Å². The molecule has 0 bridgehead atoms. The third-order valence-electron chi connectivity index (χ3n) is 6.62. The number of alkyl halides is 3. The molecule has 2 aliphatic heterocycles. The van der Waals surface area contributed by atoms with E-state index in [9.17, 15) is 26.7 Å². The quantitative estimate of drug-likeness (QED) is 0.499. The third-order valence-corrected chi connectivity index (χ3v) is 6.62. The normalized spacial score (nSPS) is 22.0. The van der Waals surface area contributed by atoms with Crippen LogP contribution < -0.4 is 20.1 Å². The van der Waals surface area contributed by atoms with Gasteiger partial charge in [0, 0.05) is 31.4 Å². The first kappa shape index (κ1) is 21.8. The number of aromatic nitrogens is 3. The molecule has 0 spiro atoms. The highest BCUT2D eigenvalue weighted by Crippen LogP contribution is 2.53. The van der Waals surface area contributed by atoms with Crippen molar-refractivity contribution < 1.29 is 31.4 Å². The number of halogens is 5. The number of ether oxygens (including phenoxy) is 2. The Kier molecular flexibility index (Phi) is 4.77. The van der Waals surface area contributed by atoms with Crippen molar-refractivity contribution in [2.45, 2.75) is 31.8 Å². The molecule has 3 aliphatic rings. The van der Waals surface area contributed by atoms with Crippen LogP contribution in [-0.4, -0.2) is 27.1 Å². The van der Waals surface area contributed by atoms with Gasteiger partial charge in [0.05, 0.1) is 6.04 Å². The van der Waals surface area contributed by atoms with E-state index in [-0.39, 0.29) is 18.1 Å². The Morgan fingerprint density at radius 1 is 1.09 bits per heavy atom. The van der Waals surface area contributed by atoms with Crippen LogP contribution in [0.1, 0.15) is 17.7 Å². The summed E-state index contributed by atoms with van der Waals surface area (Å²) in [6, 6.07) is 5.43. The number of benzene rings is 1. The minimum absolute atomic E-state index is 0.0417. The average Bonchev–Trinajstić information content (AvgIpc) is 3.33. The van der Waals surface area contributed by atoms with E-state index in [1.165, 1.54) is 6.42 Å². The standard InChI is InChI=1S/C23H17F5N4O3/c24-15-3-11(4-16(25)21(15)35-13-1-2-29-18(6-13)23(26,27)28)10-34-19-7-20-31-8-12-5-14(12)17(31)9-32(20)22(33)30-19/h1-4,6-7,12,14,17H,5,8-10H2/t12?,14?,17-/m0/s1. The second-order valence-electron chi connectivity index (χ2n) is 8.88. The predicted molar refractivity (Wildman–Crippen MR) is 111 cm³/mol. The maximum Gasteiger partial charge on any atom is 0.433 e. The summed E-state index contributed by atoms with van der Waals surface area (Å²) in [5, 5.41) is 0. The molecular weight excluding hydrogens is 475 g/mol. The van der Waals surface area contributed by atoms with Crippen LogP contribution in [0.2, 0.25) is 0 Å². The predicted octanol–water partition coefficient (Wildman–Crippen LogP) is 4.14. The lowest BCUT2D eigenvalue weighted by atomic mass is 10.2. The number of nitrogens with zero attached hydrogens (tertiary/aromatic N) is 4. The number of hydrogen-bond acceptors (Lipinski definition) is 6. The molecule has 1 saturated carbocycles. The third kappa shape index (κ3) is 3.86. The Morgan fingerprint density at radius 2 is 1.86 bits per heavy atom. The van der Waals surface area contributed by atoms with Crippen LogP contribution in [0.5, 0.6) is 17.4 Å². The topological polar surface area (TPSA) is 69.5 Å². The summed E-state index contributed by atoms with van der Waals surface area (Å²) >= 11 is 0. The van der Waals surface area contributed by atoms with E-state index in [0.717, 1.165) is 36.8 Å². The van der Waals surface area contributed by atoms with Crippen molar-refractivity contribution in [2.75, 3.05) is 11.4 Å². The largest absolute Gasteiger partial charge is 0.473 e. The van der Waals surface area contributed by atoms with E-state index < -0.39 is 40.7 Å². The summed E-state index contributed by atoms with van der Waals surface area (Å²) in [6.07, 6.45) is -2.72. The van der Waals surface area contributed by atoms with Gasteiger partial charge >= 0.3 is 11.9 Å². The van der Waals surface area contributed by atoms with Crippen LogP contribution in [0.4, 0.5) is 27.8 Å². The molecule has 1 aromatic carbocycles. The molecule has 2 unspecified atom stereocenters. The van der Waals surface area contributed by atoms with Crippen molar-refractivity contribution >= 4 is 5.82 Å². The van der Waals surface area contributed by atoms with Gasteiger partial charge in [-0.25, -0.2) is 13.6 Å². The van der Waals surface area contributed by atoms with Gasteiger partial charge in [0.15, 0.2) is 17.4 Å². The van der Waals surface area contributed by atoms with Crippen molar-refractivity contribution in [3.63, 3.8) is 0 Å². The van der Waals surface area contributed by atoms with Crippen LogP contribution in [-0.2, 0) is 19.3 Å². The number of fused-ring (bicyclic) bond motifs is 5. The van der Waals surface area contributed by atoms with Crippen LogP contribution in [0.3, 0.4) is 0 Å². The summed E-state index contributed by atoms with van der Waals surface area (Å²) in [5.74, 6) is -1.49. The Hall–Kier alpha value is -3.70. The van der Waals surface area contributed by atoms with E-state index >= 15 is 0 Å². The maximum atomic E-state index is 14.6. The SMILES string of the molecule is O=c1nc(OCc2cc(F)c(Oc3ccnc(C(F)(F)F)c3)c(F)c2)cc2n1C[C@H]1C3CC3CN21. The van der Waals surface area contributed by atoms with E-state index in [1.54, 1.807) is 10.6 Å². The van der Waals surface area contributed by atoms with Crippen LogP contribution in [0.25, 0.3) is 0 Å². The van der Waals surface area contributed by atoms with Gasteiger partial charge in [-0.1, -0.05) is 0 Å². The first-order valence-corrected chi connectivity index (χ1v) is 10.9. The molecule has 6 rings (SSSR count). The van der Waals surface area contributed by atoms with E-state index in [2.05, 4.69) is 14.9 Å². The highest BCUT2D eigenvalue weighted by molar-refractivity contribution is 5.50. The Morgan fingerprint density at radius 3 is 2.60 bits per heavy atom. The van der Waals surface area contributed by atoms with Gasteiger partial charge in [0.25, 0.3) is 0 Å². The fraction of sp³-hybridized carbons (Fsp3) is 0.348. The summed E-state index contributed by atoms with van der Waals surface area (Å²) in [7, 11) is 0. The molecule has 1 saturated heterocycles. The minimum atomic E-state index is -4.73. The number of rotatable bonds is 5. The summed E-state index contributed by atoms with van der Waals surface area (Å²) < 4.78 is 79.7. The number of anilines is 1. The lowest BCUT2D eigenvalue weighted by Crippen LogP contribution is -2.28. The molecule has 2 aromatic heterocycles. The van der Waals surface area contributed by atoms with Crippen LogP contribution in [0, 0.1) is 23.5 Å². The molecule has 182 valence electrons. The Balaban J connectivity index is 1.18. The van der Waals surface area contributed by atoms with Gasteiger partial charge in [-0.15, -0.1) is 0 Å². The first-order chi connectivity index (χ1) is 16.7. The Bertz CT molecular complexity index is 1370. The molecule has 3 atom stereocenters. The molecule has 12 heteroatoms. The molecule has 2 fully saturated rings. The smallest absolute Gasteiger partial charge is 0.433 e. The number of pyridine rings is 1. The monoisotopic (exact) mass is 492 g/mol. The van der Waals surface area contributed by atoms with Gasteiger partial charge < -0.3 is 14.4 Å². The fourth-order valence-electron chi connectivity index (χ4n) is 4.91. The van der Waals surface area contributed by atoms with E-state index in [0.29, 0.717) is 30.5 Å². The Labute approximate surface area is 194 Å². The average molecular weight is 492 g/mol. The molecule has 7 nitrogen and oxygen atoms in total. The van der Waals surface area contributed by atoms with Gasteiger partial charge in [-0.05, 0) is 42.0 Å². The second-order valence-corrected chi connectivity index (χ2v) is 8.88. The van der Waals surface area contributed by atoms with Gasteiger partial charge in [0.1, 0.15) is 23.9 Å². The van der Waals surface area contributed by atoms with Crippen molar-refractivity contribution in [1.29, 1.82) is 0 Å². The zero-order valence-electron chi connectivity index (χ0n) is 17.9. The molecule has 0 N–H and O–H groups in total. The molecular formula is C23H17F5N4O3. The van der Waals surface area contributed by atoms with Crippen LogP contribution in [0.15, 0.2) is 41.3 Å². The first-order valence-electron chi connectivity index (χ1n) is 10.9.